The summed E-state index contributed by atoms with van der Waals surface area (Å²) in [5.41, 5.74) is 6.52. The van der Waals surface area contributed by atoms with E-state index in [1.165, 1.54) is 12.7 Å². The summed E-state index contributed by atoms with van der Waals surface area (Å²) < 4.78 is 16.9. The lowest BCUT2D eigenvalue weighted by Gasteiger charge is -2.12. The van der Waals surface area contributed by atoms with Crippen LogP contribution in [0.25, 0.3) is 11.2 Å². The molecule has 0 bridgehead atoms. The average Bonchev–Trinajstić information content (AvgIpc) is 2.72. The fraction of sp³-hybridized carbons (Fsp3) is 0.444. The second-order valence-electron chi connectivity index (χ2n) is 4.15. The van der Waals surface area contributed by atoms with Gasteiger partial charge in [0.1, 0.15) is 18.2 Å². The number of nitrogens with two attached hydrogens (primary N) is 1. The van der Waals surface area contributed by atoms with Gasteiger partial charge in [-0.05, 0) is 0 Å². The molecule has 0 aliphatic carbocycles. The molecule has 1 atom stereocenters. The number of rotatable bonds is 6. The Labute approximate surface area is 113 Å². The number of fused-ring (bicyclic) bond motifs is 1. The van der Waals surface area contributed by atoms with Gasteiger partial charge in [-0.15, -0.1) is 0 Å². The van der Waals surface area contributed by atoms with E-state index in [1.807, 2.05) is 0 Å². The highest BCUT2D eigenvalue weighted by molar-refractivity contribution is 7.51. The maximum absolute atomic E-state index is 10.6. The third-order valence-corrected chi connectivity index (χ3v) is 2.93. The van der Waals surface area contributed by atoms with Gasteiger partial charge in [0.25, 0.3) is 0 Å². The first kappa shape index (κ1) is 14.8. The van der Waals surface area contributed by atoms with E-state index >= 15 is 0 Å². The zero-order valence-corrected chi connectivity index (χ0v) is 11.2. The minimum absolute atomic E-state index is 0.105. The van der Waals surface area contributed by atoms with Crippen LogP contribution in [0.5, 0.6) is 0 Å². The third kappa shape index (κ3) is 3.71. The van der Waals surface area contributed by atoms with Crippen LogP contribution >= 0.6 is 7.60 Å². The molecule has 0 radical (unpaired) electrons. The van der Waals surface area contributed by atoms with E-state index in [0.717, 1.165) is 0 Å². The number of imidazole rings is 1. The standard InChI is InChI=1S/C9H14N5O5P/c10-8-7-9(12-3-11-8)14(4-13-7)1-6(15)2-19-5-20(16,17)18/h3-4,6,15H,1-2,5H2,(H2,10,11,12)(H2,16,17,18). The molecule has 0 amide bonds. The van der Waals surface area contributed by atoms with Gasteiger partial charge >= 0.3 is 7.60 Å². The van der Waals surface area contributed by atoms with Crippen LogP contribution in [0.1, 0.15) is 0 Å². The highest BCUT2D eigenvalue weighted by Gasteiger charge is 2.16. The Morgan fingerprint density at radius 1 is 1.40 bits per heavy atom. The van der Waals surface area contributed by atoms with Crippen LogP contribution in [0.2, 0.25) is 0 Å². The zero-order valence-electron chi connectivity index (χ0n) is 10.3. The Morgan fingerprint density at radius 2 is 2.15 bits per heavy atom. The van der Waals surface area contributed by atoms with E-state index in [1.54, 1.807) is 4.57 Å². The molecule has 5 N–H and O–H groups in total. The molecule has 0 spiro atoms. The zero-order chi connectivity index (χ0) is 14.8. The van der Waals surface area contributed by atoms with E-state index in [9.17, 15) is 9.67 Å². The SMILES string of the molecule is Nc1ncnc2c1ncn2CC(O)COCP(=O)(O)O. The summed E-state index contributed by atoms with van der Waals surface area (Å²) in [6, 6.07) is 0. The van der Waals surface area contributed by atoms with Crippen molar-refractivity contribution >= 4 is 24.6 Å². The number of hydrogen-bond acceptors (Lipinski definition) is 7. The van der Waals surface area contributed by atoms with Crippen molar-refractivity contribution in [2.24, 2.45) is 0 Å². The predicted octanol–water partition coefficient (Wildman–Crippen LogP) is -1.08. The first-order valence-electron chi connectivity index (χ1n) is 5.58. The van der Waals surface area contributed by atoms with Crippen LogP contribution in [-0.4, -0.2) is 53.5 Å². The molecule has 0 fully saturated rings. The van der Waals surface area contributed by atoms with Gasteiger partial charge in [0.05, 0.1) is 25.6 Å². The van der Waals surface area contributed by atoms with Gasteiger partial charge in [0.2, 0.25) is 0 Å². The van der Waals surface area contributed by atoms with Crippen molar-refractivity contribution in [2.45, 2.75) is 12.6 Å². The topological polar surface area (TPSA) is 157 Å². The number of nitrogens with zero attached hydrogens (tertiary/aromatic N) is 4. The molecular weight excluding hydrogens is 289 g/mol. The summed E-state index contributed by atoms with van der Waals surface area (Å²) >= 11 is 0. The molecule has 0 aliphatic rings. The molecule has 2 aromatic rings. The quantitative estimate of drug-likeness (QED) is 0.487. The number of aliphatic hydroxyl groups excluding tert-OH is 1. The molecule has 1 unspecified atom stereocenters. The van der Waals surface area contributed by atoms with Crippen LogP contribution in [0.15, 0.2) is 12.7 Å². The van der Waals surface area contributed by atoms with Crippen LogP contribution < -0.4 is 5.73 Å². The Morgan fingerprint density at radius 3 is 2.85 bits per heavy atom. The molecule has 2 rings (SSSR count). The van der Waals surface area contributed by atoms with E-state index in [-0.39, 0.29) is 19.0 Å². The summed E-state index contributed by atoms with van der Waals surface area (Å²) in [5.74, 6) is 0.237. The van der Waals surface area contributed by atoms with Crippen LogP contribution in [-0.2, 0) is 15.8 Å². The maximum atomic E-state index is 10.6. The summed E-state index contributed by atoms with van der Waals surface area (Å²) in [6.07, 6.45) is 1.04. The number of hydrogen-bond donors (Lipinski definition) is 4. The fourth-order valence-corrected chi connectivity index (χ4v) is 1.96. The lowest BCUT2D eigenvalue weighted by molar-refractivity contribution is 0.0413. The second kappa shape index (κ2) is 5.81. The van der Waals surface area contributed by atoms with Gasteiger partial charge in [-0.3, -0.25) is 4.57 Å². The number of aliphatic hydroxyl groups is 1. The van der Waals surface area contributed by atoms with E-state index in [0.29, 0.717) is 11.2 Å². The Balaban J connectivity index is 1.98. The van der Waals surface area contributed by atoms with Crippen molar-refractivity contribution in [2.75, 3.05) is 18.7 Å². The first-order valence-corrected chi connectivity index (χ1v) is 7.38. The Kier molecular flexibility index (Phi) is 4.31. The molecule has 110 valence electrons. The van der Waals surface area contributed by atoms with E-state index in [2.05, 4.69) is 15.0 Å². The van der Waals surface area contributed by atoms with Crippen molar-refractivity contribution in [3.05, 3.63) is 12.7 Å². The predicted molar refractivity (Wildman–Crippen MR) is 68.6 cm³/mol. The van der Waals surface area contributed by atoms with Crippen LogP contribution in [0, 0.1) is 0 Å². The molecular formula is C9H14N5O5P. The highest BCUT2D eigenvalue weighted by atomic mass is 31.2. The lowest BCUT2D eigenvalue weighted by atomic mass is 10.4. The van der Waals surface area contributed by atoms with Crippen molar-refractivity contribution in [1.29, 1.82) is 0 Å². The van der Waals surface area contributed by atoms with E-state index < -0.39 is 20.0 Å². The van der Waals surface area contributed by atoms with Gasteiger partial charge in [-0.1, -0.05) is 0 Å². The van der Waals surface area contributed by atoms with Gasteiger partial charge in [0.15, 0.2) is 11.5 Å². The van der Waals surface area contributed by atoms with Crippen LogP contribution in [0.4, 0.5) is 5.82 Å². The second-order valence-corrected chi connectivity index (χ2v) is 5.73. The monoisotopic (exact) mass is 303 g/mol. The minimum atomic E-state index is -4.23. The molecule has 2 aromatic heterocycles. The van der Waals surface area contributed by atoms with Crippen molar-refractivity contribution in [1.82, 2.24) is 19.5 Å². The minimum Gasteiger partial charge on any atom is -0.389 e. The molecule has 20 heavy (non-hydrogen) atoms. The third-order valence-electron chi connectivity index (χ3n) is 2.41. The van der Waals surface area contributed by atoms with E-state index in [4.69, 9.17) is 20.3 Å². The molecule has 0 saturated carbocycles. The van der Waals surface area contributed by atoms with Gasteiger partial charge in [-0.25, -0.2) is 15.0 Å². The molecule has 0 aliphatic heterocycles. The van der Waals surface area contributed by atoms with Crippen molar-refractivity contribution in [3.63, 3.8) is 0 Å². The maximum Gasteiger partial charge on any atom is 0.350 e. The number of aromatic nitrogens is 4. The lowest BCUT2D eigenvalue weighted by Crippen LogP contribution is -2.22. The summed E-state index contributed by atoms with van der Waals surface area (Å²) in [6.45, 7) is -0.112. The Bertz CT molecular complexity index is 641. The summed E-state index contributed by atoms with van der Waals surface area (Å²) in [5, 5.41) is 9.75. The van der Waals surface area contributed by atoms with Gasteiger partial charge < -0.3 is 29.9 Å². The first-order chi connectivity index (χ1) is 9.37. The number of anilines is 1. The molecule has 10 nitrogen and oxygen atoms in total. The smallest absolute Gasteiger partial charge is 0.350 e. The molecule has 11 heteroatoms. The summed E-state index contributed by atoms with van der Waals surface area (Å²) in [4.78, 5) is 29.1. The van der Waals surface area contributed by atoms with Crippen molar-refractivity contribution in [3.8, 4) is 0 Å². The molecule has 0 aromatic carbocycles. The highest BCUT2D eigenvalue weighted by Crippen LogP contribution is 2.33. The number of nitrogen functional groups attached to an aromatic ring is 1. The largest absolute Gasteiger partial charge is 0.389 e. The normalized spacial score (nSPS) is 13.8. The summed E-state index contributed by atoms with van der Waals surface area (Å²) in [7, 11) is -4.23. The van der Waals surface area contributed by atoms with Gasteiger partial charge in [-0.2, -0.15) is 0 Å². The molecule has 2 heterocycles. The van der Waals surface area contributed by atoms with Gasteiger partial charge in [0, 0.05) is 0 Å². The fourth-order valence-electron chi connectivity index (χ4n) is 1.62. The average molecular weight is 303 g/mol. The van der Waals surface area contributed by atoms with Crippen LogP contribution in [0.3, 0.4) is 0 Å². The Hall–Kier alpha value is -1.58. The van der Waals surface area contributed by atoms with Crippen molar-refractivity contribution < 1.29 is 24.2 Å². The molecule has 0 saturated heterocycles. The number of ether oxygens (including phenoxy) is 1.